The summed E-state index contributed by atoms with van der Waals surface area (Å²) in [5, 5.41) is -0.0745. The molecule has 0 aliphatic heterocycles. The molecular weight excluding hydrogens is 283 g/mol. The Morgan fingerprint density at radius 1 is 1.47 bits per heavy atom. The molecule has 0 heterocycles. The Kier molecular flexibility index (Phi) is 5.20. The molecule has 2 N–H and O–H groups in total. The first kappa shape index (κ1) is 15.8. The lowest BCUT2D eigenvalue weighted by molar-refractivity contribution is -0.145. The highest BCUT2D eigenvalue weighted by Gasteiger charge is 2.35. The lowest BCUT2D eigenvalue weighted by atomic mass is 10.00. The SMILES string of the molecule is CCOC(=O)C(N)Cc1c(Cl)cccc1C(F)(F)F. The van der Waals surface area contributed by atoms with Gasteiger partial charge in [-0.1, -0.05) is 17.7 Å². The summed E-state index contributed by atoms with van der Waals surface area (Å²) >= 11 is 5.75. The number of halogens is 4. The minimum Gasteiger partial charge on any atom is -0.465 e. The standard InChI is InChI=1S/C12H13ClF3NO2/c1-2-19-11(18)10(17)6-7-8(12(14,15)16)4-3-5-9(7)13/h3-5,10H,2,6,17H2,1H3. The number of carbonyl (C=O) groups is 1. The van der Waals surface area contributed by atoms with E-state index in [1.165, 1.54) is 12.1 Å². The number of rotatable bonds is 4. The zero-order valence-electron chi connectivity index (χ0n) is 10.1. The van der Waals surface area contributed by atoms with Crippen LogP contribution in [0.2, 0.25) is 5.02 Å². The second-order valence-corrected chi connectivity index (χ2v) is 4.23. The maximum Gasteiger partial charge on any atom is 0.416 e. The summed E-state index contributed by atoms with van der Waals surface area (Å²) in [5.41, 5.74) is 4.43. The Hall–Kier alpha value is -1.27. The average molecular weight is 296 g/mol. The predicted octanol–water partition coefficient (Wildman–Crippen LogP) is 2.79. The van der Waals surface area contributed by atoms with Crippen LogP contribution in [-0.4, -0.2) is 18.6 Å². The highest BCUT2D eigenvalue weighted by Crippen LogP contribution is 2.35. The molecule has 1 unspecified atom stereocenters. The van der Waals surface area contributed by atoms with Gasteiger partial charge in [0.05, 0.1) is 12.2 Å². The van der Waals surface area contributed by atoms with Gasteiger partial charge in [-0.15, -0.1) is 0 Å². The normalized spacial score (nSPS) is 13.2. The van der Waals surface area contributed by atoms with Crippen LogP contribution in [0.4, 0.5) is 13.2 Å². The lowest BCUT2D eigenvalue weighted by Gasteiger charge is -2.17. The smallest absolute Gasteiger partial charge is 0.416 e. The van der Waals surface area contributed by atoms with E-state index in [2.05, 4.69) is 4.74 Å². The van der Waals surface area contributed by atoms with Crippen molar-refractivity contribution in [3.8, 4) is 0 Å². The molecule has 0 saturated carbocycles. The van der Waals surface area contributed by atoms with E-state index in [4.69, 9.17) is 17.3 Å². The van der Waals surface area contributed by atoms with E-state index < -0.39 is 23.8 Å². The van der Waals surface area contributed by atoms with Crippen molar-refractivity contribution in [2.75, 3.05) is 6.61 Å². The molecule has 0 radical (unpaired) electrons. The summed E-state index contributed by atoms with van der Waals surface area (Å²) in [6, 6.07) is 2.24. The van der Waals surface area contributed by atoms with Crippen molar-refractivity contribution in [1.29, 1.82) is 0 Å². The molecule has 0 aliphatic rings. The number of benzene rings is 1. The van der Waals surface area contributed by atoms with Crippen LogP contribution in [-0.2, 0) is 22.1 Å². The highest BCUT2D eigenvalue weighted by atomic mass is 35.5. The van der Waals surface area contributed by atoms with Crippen molar-refractivity contribution in [2.45, 2.75) is 25.6 Å². The topological polar surface area (TPSA) is 52.3 Å². The molecule has 1 rings (SSSR count). The first-order chi connectivity index (χ1) is 8.77. The molecule has 1 atom stereocenters. The van der Waals surface area contributed by atoms with E-state index in [9.17, 15) is 18.0 Å². The molecule has 0 aliphatic carbocycles. The van der Waals surface area contributed by atoms with Gasteiger partial charge in [-0.05, 0) is 24.6 Å². The number of nitrogens with two attached hydrogens (primary N) is 1. The second-order valence-electron chi connectivity index (χ2n) is 3.83. The molecule has 1 aromatic carbocycles. The number of hydrogen-bond acceptors (Lipinski definition) is 3. The number of carbonyl (C=O) groups excluding carboxylic acids is 1. The van der Waals surface area contributed by atoms with Gasteiger partial charge in [0.1, 0.15) is 6.04 Å². The molecule has 0 aromatic heterocycles. The van der Waals surface area contributed by atoms with Gasteiger partial charge in [-0.3, -0.25) is 4.79 Å². The van der Waals surface area contributed by atoms with E-state index >= 15 is 0 Å². The summed E-state index contributed by atoms with van der Waals surface area (Å²) in [5.74, 6) is -0.754. The summed E-state index contributed by atoms with van der Waals surface area (Å²) in [7, 11) is 0. The summed E-state index contributed by atoms with van der Waals surface area (Å²) in [4.78, 5) is 11.3. The Morgan fingerprint density at radius 3 is 2.63 bits per heavy atom. The molecule has 1 aromatic rings. The van der Waals surface area contributed by atoms with Crippen LogP contribution in [0.5, 0.6) is 0 Å². The highest BCUT2D eigenvalue weighted by molar-refractivity contribution is 6.31. The maximum absolute atomic E-state index is 12.8. The molecule has 7 heteroatoms. The number of alkyl halides is 3. The largest absolute Gasteiger partial charge is 0.465 e. The van der Waals surface area contributed by atoms with Crippen LogP contribution >= 0.6 is 11.6 Å². The second kappa shape index (κ2) is 6.25. The van der Waals surface area contributed by atoms with Gasteiger partial charge < -0.3 is 10.5 Å². The zero-order chi connectivity index (χ0) is 14.6. The number of hydrogen-bond donors (Lipinski definition) is 1. The van der Waals surface area contributed by atoms with Gasteiger partial charge in [-0.2, -0.15) is 13.2 Å². The van der Waals surface area contributed by atoms with Gasteiger partial charge >= 0.3 is 12.1 Å². The molecule has 0 saturated heterocycles. The zero-order valence-corrected chi connectivity index (χ0v) is 10.9. The van der Waals surface area contributed by atoms with Crippen molar-refractivity contribution >= 4 is 17.6 Å². The minimum absolute atomic E-state index is 0.0745. The number of esters is 1. The molecule has 0 fully saturated rings. The van der Waals surface area contributed by atoms with E-state index in [-0.39, 0.29) is 23.6 Å². The third kappa shape index (κ3) is 4.11. The van der Waals surface area contributed by atoms with Crippen LogP contribution in [0.15, 0.2) is 18.2 Å². The molecule has 0 spiro atoms. The van der Waals surface area contributed by atoms with Gasteiger partial charge in [0.25, 0.3) is 0 Å². The van der Waals surface area contributed by atoms with E-state index in [0.717, 1.165) is 6.07 Å². The van der Waals surface area contributed by atoms with Crippen molar-refractivity contribution in [3.63, 3.8) is 0 Å². The number of ether oxygens (including phenoxy) is 1. The Morgan fingerprint density at radius 2 is 2.11 bits per heavy atom. The maximum atomic E-state index is 12.8. The van der Waals surface area contributed by atoms with Gasteiger partial charge in [0.2, 0.25) is 0 Å². The summed E-state index contributed by atoms with van der Waals surface area (Å²) < 4.78 is 43.1. The van der Waals surface area contributed by atoms with Crippen LogP contribution < -0.4 is 5.73 Å². The monoisotopic (exact) mass is 295 g/mol. The van der Waals surface area contributed by atoms with Crippen LogP contribution in [0.25, 0.3) is 0 Å². The molecule has 106 valence electrons. The fraction of sp³-hybridized carbons (Fsp3) is 0.417. The Balaban J connectivity index is 3.03. The van der Waals surface area contributed by atoms with Crippen molar-refractivity contribution in [3.05, 3.63) is 34.3 Å². The first-order valence-corrected chi connectivity index (χ1v) is 5.92. The fourth-order valence-electron chi connectivity index (χ4n) is 1.58. The molecular formula is C12H13ClF3NO2. The van der Waals surface area contributed by atoms with E-state index in [1.54, 1.807) is 6.92 Å². The van der Waals surface area contributed by atoms with Gasteiger partial charge in [0.15, 0.2) is 0 Å². The molecule has 0 amide bonds. The lowest BCUT2D eigenvalue weighted by Crippen LogP contribution is -2.35. The third-order valence-electron chi connectivity index (χ3n) is 2.44. The van der Waals surface area contributed by atoms with Crippen LogP contribution in [0.3, 0.4) is 0 Å². The fourth-order valence-corrected chi connectivity index (χ4v) is 1.84. The van der Waals surface area contributed by atoms with Crippen LogP contribution in [0, 0.1) is 0 Å². The predicted molar refractivity (Wildman–Crippen MR) is 64.8 cm³/mol. The summed E-state index contributed by atoms with van der Waals surface area (Å²) in [6.45, 7) is 1.70. The van der Waals surface area contributed by atoms with E-state index in [1.807, 2.05) is 0 Å². The van der Waals surface area contributed by atoms with Gasteiger partial charge in [-0.25, -0.2) is 0 Å². The van der Waals surface area contributed by atoms with E-state index in [0.29, 0.717) is 0 Å². The third-order valence-corrected chi connectivity index (χ3v) is 2.79. The Labute approximate surface area is 113 Å². The quantitative estimate of drug-likeness (QED) is 0.869. The molecule has 19 heavy (non-hydrogen) atoms. The van der Waals surface area contributed by atoms with Gasteiger partial charge in [0, 0.05) is 11.4 Å². The molecule has 3 nitrogen and oxygen atoms in total. The van der Waals surface area contributed by atoms with Crippen molar-refractivity contribution in [2.24, 2.45) is 5.73 Å². The van der Waals surface area contributed by atoms with Crippen molar-refractivity contribution < 1.29 is 22.7 Å². The van der Waals surface area contributed by atoms with Crippen LogP contribution in [0.1, 0.15) is 18.1 Å². The molecule has 0 bridgehead atoms. The first-order valence-electron chi connectivity index (χ1n) is 5.54. The minimum atomic E-state index is -4.55. The van der Waals surface area contributed by atoms with Crippen molar-refractivity contribution in [1.82, 2.24) is 0 Å². The Bertz CT molecular complexity index is 463. The summed E-state index contributed by atoms with van der Waals surface area (Å²) in [6.07, 6.45) is -4.87. The average Bonchev–Trinajstić information content (AvgIpc) is 2.30.